The highest BCUT2D eigenvalue weighted by Crippen LogP contribution is 2.21. The van der Waals surface area contributed by atoms with E-state index in [0.717, 1.165) is 10.4 Å². The summed E-state index contributed by atoms with van der Waals surface area (Å²) in [6.45, 7) is 0.578. The van der Waals surface area contributed by atoms with Gasteiger partial charge in [0.15, 0.2) is 0 Å². The summed E-state index contributed by atoms with van der Waals surface area (Å²) in [5, 5.41) is 0. The standard InChI is InChI=1S/C11H13N3O2S2/c12-6-10-3-4-11(17-10)18(15,16)14-8-9-2-1-5-13-7-9/h1-5,7,14H,6,8,12H2. The highest BCUT2D eigenvalue weighted by Gasteiger charge is 2.16. The summed E-state index contributed by atoms with van der Waals surface area (Å²) in [4.78, 5) is 4.77. The number of pyridine rings is 1. The highest BCUT2D eigenvalue weighted by molar-refractivity contribution is 7.91. The third kappa shape index (κ3) is 3.14. The molecule has 2 aromatic heterocycles. The fourth-order valence-electron chi connectivity index (χ4n) is 1.36. The van der Waals surface area contributed by atoms with Gasteiger partial charge >= 0.3 is 0 Å². The Balaban J connectivity index is 2.08. The van der Waals surface area contributed by atoms with E-state index in [1.165, 1.54) is 11.3 Å². The van der Waals surface area contributed by atoms with Gasteiger partial charge in [0.2, 0.25) is 10.0 Å². The van der Waals surface area contributed by atoms with E-state index in [4.69, 9.17) is 5.73 Å². The lowest BCUT2D eigenvalue weighted by Crippen LogP contribution is -2.22. The Morgan fingerprint density at radius 2 is 2.17 bits per heavy atom. The van der Waals surface area contributed by atoms with Crippen molar-refractivity contribution < 1.29 is 8.42 Å². The minimum absolute atomic E-state index is 0.228. The first-order valence-electron chi connectivity index (χ1n) is 5.29. The average Bonchev–Trinajstić information content (AvgIpc) is 2.87. The molecule has 0 unspecified atom stereocenters. The molecule has 7 heteroatoms. The van der Waals surface area contributed by atoms with Crippen molar-refractivity contribution in [1.29, 1.82) is 0 Å². The maximum Gasteiger partial charge on any atom is 0.250 e. The van der Waals surface area contributed by atoms with Crippen LogP contribution in [0.4, 0.5) is 0 Å². The van der Waals surface area contributed by atoms with Crippen molar-refractivity contribution in [3.8, 4) is 0 Å². The number of sulfonamides is 1. The summed E-state index contributed by atoms with van der Waals surface area (Å²) in [7, 11) is -3.46. The lowest BCUT2D eigenvalue weighted by atomic mass is 10.3. The number of hydrogen-bond donors (Lipinski definition) is 2. The summed E-state index contributed by atoms with van der Waals surface area (Å²) in [5.74, 6) is 0. The zero-order valence-electron chi connectivity index (χ0n) is 9.54. The van der Waals surface area contributed by atoms with Gasteiger partial charge < -0.3 is 5.73 Å². The molecule has 0 saturated carbocycles. The van der Waals surface area contributed by atoms with Crippen LogP contribution in [0.5, 0.6) is 0 Å². The predicted molar refractivity (Wildman–Crippen MR) is 70.5 cm³/mol. The van der Waals surface area contributed by atoms with Crippen LogP contribution in [0.2, 0.25) is 0 Å². The van der Waals surface area contributed by atoms with Gasteiger partial charge in [0, 0.05) is 30.4 Å². The van der Waals surface area contributed by atoms with Gasteiger partial charge in [-0.2, -0.15) is 0 Å². The van der Waals surface area contributed by atoms with E-state index < -0.39 is 10.0 Å². The van der Waals surface area contributed by atoms with E-state index in [2.05, 4.69) is 9.71 Å². The van der Waals surface area contributed by atoms with Crippen molar-refractivity contribution in [1.82, 2.24) is 9.71 Å². The second-order valence-corrected chi connectivity index (χ2v) is 6.77. The first-order chi connectivity index (χ1) is 8.62. The molecular formula is C11H13N3O2S2. The zero-order chi connectivity index (χ0) is 13.0. The van der Waals surface area contributed by atoms with Crippen LogP contribution < -0.4 is 10.5 Å². The Morgan fingerprint density at radius 1 is 1.33 bits per heavy atom. The molecule has 0 aliphatic rings. The zero-order valence-corrected chi connectivity index (χ0v) is 11.2. The van der Waals surface area contributed by atoms with Gasteiger partial charge in [0.25, 0.3) is 0 Å². The number of nitrogens with two attached hydrogens (primary N) is 1. The van der Waals surface area contributed by atoms with Crippen molar-refractivity contribution in [3.63, 3.8) is 0 Å². The summed E-state index contributed by atoms with van der Waals surface area (Å²) in [6, 6.07) is 6.87. The predicted octanol–water partition coefficient (Wildman–Crippen LogP) is 1.08. The SMILES string of the molecule is NCc1ccc(S(=O)(=O)NCc2cccnc2)s1. The van der Waals surface area contributed by atoms with Crippen LogP contribution in [-0.4, -0.2) is 13.4 Å². The van der Waals surface area contributed by atoms with E-state index in [1.54, 1.807) is 30.6 Å². The number of thiophene rings is 1. The molecule has 2 heterocycles. The van der Waals surface area contributed by atoms with Crippen LogP contribution in [-0.2, 0) is 23.1 Å². The summed E-state index contributed by atoms with van der Waals surface area (Å²) < 4.78 is 26.8. The van der Waals surface area contributed by atoms with Crippen LogP contribution in [0.15, 0.2) is 40.9 Å². The maximum absolute atomic E-state index is 12.0. The lowest BCUT2D eigenvalue weighted by Gasteiger charge is -2.04. The molecule has 2 aromatic rings. The van der Waals surface area contributed by atoms with E-state index in [9.17, 15) is 8.42 Å². The molecule has 18 heavy (non-hydrogen) atoms. The Bertz CT molecular complexity index is 608. The molecule has 0 atom stereocenters. The maximum atomic E-state index is 12.0. The molecule has 0 aliphatic carbocycles. The van der Waals surface area contributed by atoms with Gasteiger partial charge in [-0.25, -0.2) is 13.1 Å². The molecular weight excluding hydrogens is 270 g/mol. The third-order valence-electron chi connectivity index (χ3n) is 2.29. The molecule has 0 aromatic carbocycles. The molecule has 2 rings (SSSR count). The van der Waals surface area contributed by atoms with Gasteiger partial charge in [-0.3, -0.25) is 4.98 Å². The van der Waals surface area contributed by atoms with Crippen molar-refractivity contribution in [2.45, 2.75) is 17.3 Å². The van der Waals surface area contributed by atoms with Crippen molar-refractivity contribution in [2.24, 2.45) is 5.73 Å². The first-order valence-corrected chi connectivity index (χ1v) is 7.59. The average molecular weight is 283 g/mol. The lowest BCUT2D eigenvalue weighted by molar-refractivity contribution is 0.583. The molecule has 0 aliphatic heterocycles. The largest absolute Gasteiger partial charge is 0.326 e. The molecule has 3 N–H and O–H groups in total. The van der Waals surface area contributed by atoms with Gasteiger partial charge in [0.1, 0.15) is 4.21 Å². The Kier molecular flexibility index (Phi) is 4.07. The second-order valence-electron chi connectivity index (χ2n) is 3.61. The Labute approximate surface area is 110 Å². The van der Waals surface area contributed by atoms with Gasteiger partial charge in [-0.1, -0.05) is 6.07 Å². The topological polar surface area (TPSA) is 85.1 Å². The number of hydrogen-bond acceptors (Lipinski definition) is 5. The van der Waals surface area contributed by atoms with Gasteiger partial charge in [-0.15, -0.1) is 11.3 Å². The fourth-order valence-corrected chi connectivity index (χ4v) is 3.66. The van der Waals surface area contributed by atoms with Crippen molar-refractivity contribution in [3.05, 3.63) is 47.1 Å². The minimum atomic E-state index is -3.46. The smallest absolute Gasteiger partial charge is 0.250 e. The highest BCUT2D eigenvalue weighted by atomic mass is 32.2. The van der Waals surface area contributed by atoms with E-state index in [0.29, 0.717) is 6.54 Å². The Morgan fingerprint density at radius 3 is 2.78 bits per heavy atom. The number of rotatable bonds is 5. The molecule has 0 spiro atoms. The van der Waals surface area contributed by atoms with Gasteiger partial charge in [0.05, 0.1) is 0 Å². The van der Waals surface area contributed by atoms with E-state index >= 15 is 0 Å². The van der Waals surface area contributed by atoms with Crippen LogP contribution in [0.25, 0.3) is 0 Å². The summed E-state index contributed by atoms with van der Waals surface area (Å²) >= 11 is 1.18. The molecule has 0 saturated heterocycles. The van der Waals surface area contributed by atoms with Crippen LogP contribution in [0.1, 0.15) is 10.4 Å². The quantitative estimate of drug-likeness (QED) is 0.860. The van der Waals surface area contributed by atoms with Gasteiger partial charge in [-0.05, 0) is 23.8 Å². The molecule has 96 valence electrons. The molecule has 0 fully saturated rings. The third-order valence-corrected chi connectivity index (χ3v) is 5.29. The normalized spacial score (nSPS) is 11.6. The second kappa shape index (κ2) is 5.57. The van der Waals surface area contributed by atoms with Crippen LogP contribution in [0.3, 0.4) is 0 Å². The molecule has 5 nitrogen and oxygen atoms in total. The van der Waals surface area contributed by atoms with Crippen molar-refractivity contribution in [2.75, 3.05) is 0 Å². The minimum Gasteiger partial charge on any atom is -0.326 e. The fraction of sp³-hybridized carbons (Fsp3) is 0.182. The monoisotopic (exact) mass is 283 g/mol. The number of nitrogens with zero attached hydrogens (tertiary/aromatic N) is 1. The number of nitrogens with one attached hydrogen (secondary N) is 1. The summed E-state index contributed by atoms with van der Waals surface area (Å²) in [5.41, 5.74) is 6.27. The Hall–Kier alpha value is -1.28. The van der Waals surface area contributed by atoms with Crippen molar-refractivity contribution >= 4 is 21.4 Å². The van der Waals surface area contributed by atoms with E-state index in [-0.39, 0.29) is 10.8 Å². The molecule has 0 radical (unpaired) electrons. The first kappa shape index (κ1) is 13.2. The molecule has 0 amide bonds. The summed E-state index contributed by atoms with van der Waals surface area (Å²) in [6.07, 6.45) is 3.27. The van der Waals surface area contributed by atoms with Crippen LogP contribution in [0, 0.1) is 0 Å². The molecule has 0 bridgehead atoms. The van der Waals surface area contributed by atoms with E-state index in [1.807, 2.05) is 6.07 Å². The van der Waals surface area contributed by atoms with Crippen LogP contribution >= 0.6 is 11.3 Å². The number of aromatic nitrogens is 1.